The van der Waals surface area contributed by atoms with Crippen molar-refractivity contribution in [3.05, 3.63) is 35.9 Å². The predicted molar refractivity (Wildman–Crippen MR) is 131 cm³/mol. The molecule has 0 spiro atoms. The fraction of sp³-hybridized carbons (Fsp3) is 0.583. The van der Waals surface area contributed by atoms with Crippen molar-refractivity contribution >= 4 is 23.7 Å². The predicted octanol–water partition coefficient (Wildman–Crippen LogP) is -0.737. The molecule has 0 bridgehead atoms. The summed E-state index contributed by atoms with van der Waals surface area (Å²) in [6.45, 7) is 3.43. The second kappa shape index (κ2) is 15.8. The Hall–Kier alpha value is -3.02. The molecule has 35 heavy (non-hydrogen) atoms. The van der Waals surface area contributed by atoms with Crippen LogP contribution >= 0.6 is 0 Å². The quantitative estimate of drug-likeness (QED) is 0.146. The van der Waals surface area contributed by atoms with Gasteiger partial charge in [-0.05, 0) is 37.3 Å². The van der Waals surface area contributed by atoms with E-state index in [0.29, 0.717) is 25.8 Å². The van der Waals surface area contributed by atoms with Crippen LogP contribution in [0.15, 0.2) is 30.3 Å². The van der Waals surface area contributed by atoms with Crippen LogP contribution in [0.1, 0.15) is 45.1 Å². The molecule has 5 unspecified atom stereocenters. The van der Waals surface area contributed by atoms with Gasteiger partial charge >= 0.3 is 5.97 Å². The molecular weight excluding hydrogens is 454 g/mol. The molecule has 11 nitrogen and oxygen atoms in total. The summed E-state index contributed by atoms with van der Waals surface area (Å²) in [6.07, 6.45) is 2.04. The first-order chi connectivity index (χ1) is 16.6. The fourth-order valence-corrected chi connectivity index (χ4v) is 3.39. The van der Waals surface area contributed by atoms with Gasteiger partial charge in [0.25, 0.3) is 0 Å². The van der Waals surface area contributed by atoms with E-state index >= 15 is 0 Å². The number of carbonyl (C=O) groups excluding carboxylic acids is 3. The molecule has 0 saturated heterocycles. The van der Waals surface area contributed by atoms with Gasteiger partial charge in [0.2, 0.25) is 17.7 Å². The third-order valence-corrected chi connectivity index (χ3v) is 5.80. The average Bonchev–Trinajstić information content (AvgIpc) is 2.85. The van der Waals surface area contributed by atoms with Crippen LogP contribution in [-0.2, 0) is 25.6 Å². The van der Waals surface area contributed by atoms with Gasteiger partial charge in [-0.2, -0.15) is 0 Å². The molecule has 11 heteroatoms. The number of hydrogen-bond donors (Lipinski definition) is 7. The van der Waals surface area contributed by atoms with Gasteiger partial charge in [-0.1, -0.05) is 50.6 Å². The molecule has 1 aromatic rings. The number of unbranched alkanes of at least 4 members (excludes halogenated alkanes) is 1. The molecule has 196 valence electrons. The number of nitrogens with two attached hydrogens (primary N) is 2. The molecule has 0 aliphatic rings. The van der Waals surface area contributed by atoms with Crippen LogP contribution < -0.4 is 27.4 Å². The Morgan fingerprint density at radius 2 is 1.57 bits per heavy atom. The smallest absolute Gasteiger partial charge is 0.326 e. The summed E-state index contributed by atoms with van der Waals surface area (Å²) in [4.78, 5) is 50.2. The van der Waals surface area contributed by atoms with Crippen LogP contribution in [0.25, 0.3) is 0 Å². The first kappa shape index (κ1) is 30.0. The van der Waals surface area contributed by atoms with Crippen LogP contribution in [0.3, 0.4) is 0 Å². The summed E-state index contributed by atoms with van der Waals surface area (Å²) in [5.74, 6) is -3.44. The lowest BCUT2D eigenvalue weighted by atomic mass is 9.96. The lowest BCUT2D eigenvalue weighted by molar-refractivity contribution is -0.143. The Balaban J connectivity index is 3.06. The van der Waals surface area contributed by atoms with Gasteiger partial charge in [0.15, 0.2) is 0 Å². The van der Waals surface area contributed by atoms with Crippen molar-refractivity contribution in [3.63, 3.8) is 0 Å². The largest absolute Gasteiger partial charge is 0.480 e. The van der Waals surface area contributed by atoms with Gasteiger partial charge < -0.3 is 37.6 Å². The monoisotopic (exact) mass is 493 g/mol. The van der Waals surface area contributed by atoms with Gasteiger partial charge in [0.1, 0.15) is 24.2 Å². The number of aliphatic hydroxyl groups is 1. The number of rotatable bonds is 16. The number of nitrogens with one attached hydrogen (secondary N) is 3. The summed E-state index contributed by atoms with van der Waals surface area (Å²) in [6, 6.07) is 4.56. The maximum Gasteiger partial charge on any atom is 0.326 e. The standard InChI is InChI=1S/C24H39N5O6/c1-3-15(2)20(23(33)27-18(24(34)35)11-7-8-12-25)29-22(32)19(28-21(31)17(26)14-30)13-16-9-5-4-6-10-16/h4-6,9-10,15,17-20,30H,3,7-8,11-14,25-26H2,1-2H3,(H,27,33)(H,28,31)(H,29,32)(H,34,35). The van der Waals surface area contributed by atoms with Gasteiger partial charge in [-0.15, -0.1) is 0 Å². The SMILES string of the molecule is CCC(C)C(NC(=O)C(Cc1ccccc1)NC(=O)C(N)CO)C(=O)NC(CCCCN)C(=O)O. The molecule has 5 atom stereocenters. The van der Waals surface area contributed by atoms with Crippen molar-refractivity contribution in [2.24, 2.45) is 17.4 Å². The second-order valence-corrected chi connectivity index (χ2v) is 8.60. The third-order valence-electron chi connectivity index (χ3n) is 5.80. The van der Waals surface area contributed by atoms with E-state index in [-0.39, 0.29) is 18.8 Å². The lowest BCUT2D eigenvalue weighted by Crippen LogP contribution is -2.59. The Morgan fingerprint density at radius 1 is 0.943 bits per heavy atom. The number of carbonyl (C=O) groups is 4. The minimum atomic E-state index is -1.21. The molecule has 0 aliphatic heterocycles. The molecule has 0 aromatic heterocycles. The van der Waals surface area contributed by atoms with Gasteiger partial charge in [-0.25, -0.2) is 4.79 Å². The van der Waals surface area contributed by atoms with E-state index in [4.69, 9.17) is 11.5 Å². The van der Waals surface area contributed by atoms with E-state index in [1.54, 1.807) is 31.2 Å². The number of hydrogen-bond acceptors (Lipinski definition) is 7. The Morgan fingerprint density at radius 3 is 2.11 bits per heavy atom. The number of amides is 3. The molecule has 0 heterocycles. The molecule has 1 aromatic carbocycles. The third kappa shape index (κ3) is 10.4. The highest BCUT2D eigenvalue weighted by atomic mass is 16.4. The Labute approximate surface area is 206 Å². The molecule has 0 radical (unpaired) electrons. The number of aliphatic carboxylic acids is 1. The summed E-state index contributed by atoms with van der Waals surface area (Å²) >= 11 is 0. The lowest BCUT2D eigenvalue weighted by Gasteiger charge is -2.28. The van der Waals surface area contributed by atoms with Crippen molar-refractivity contribution in [1.29, 1.82) is 0 Å². The topological polar surface area (TPSA) is 197 Å². The highest BCUT2D eigenvalue weighted by Gasteiger charge is 2.32. The van der Waals surface area contributed by atoms with Crippen molar-refractivity contribution in [1.82, 2.24) is 16.0 Å². The summed E-state index contributed by atoms with van der Waals surface area (Å²) < 4.78 is 0. The van der Waals surface area contributed by atoms with E-state index in [1.807, 2.05) is 13.0 Å². The normalized spacial score (nSPS) is 15.2. The fourth-order valence-electron chi connectivity index (χ4n) is 3.39. The summed E-state index contributed by atoms with van der Waals surface area (Å²) in [5.41, 5.74) is 11.8. The summed E-state index contributed by atoms with van der Waals surface area (Å²) in [7, 11) is 0. The zero-order chi connectivity index (χ0) is 26.4. The molecular formula is C24H39N5O6. The second-order valence-electron chi connectivity index (χ2n) is 8.60. The maximum absolute atomic E-state index is 13.2. The van der Waals surface area contributed by atoms with Crippen molar-refractivity contribution in [3.8, 4) is 0 Å². The van der Waals surface area contributed by atoms with E-state index < -0.39 is 54.5 Å². The van der Waals surface area contributed by atoms with Crippen LogP contribution in [0.5, 0.6) is 0 Å². The van der Waals surface area contributed by atoms with E-state index in [2.05, 4.69) is 16.0 Å². The highest BCUT2D eigenvalue weighted by Crippen LogP contribution is 2.11. The van der Waals surface area contributed by atoms with Crippen LogP contribution in [0.4, 0.5) is 0 Å². The number of carboxylic acid groups (broad SMARTS) is 1. The van der Waals surface area contributed by atoms with Crippen molar-refractivity contribution in [2.45, 2.75) is 70.1 Å². The minimum absolute atomic E-state index is 0.127. The molecule has 9 N–H and O–H groups in total. The molecule has 0 fully saturated rings. The zero-order valence-electron chi connectivity index (χ0n) is 20.4. The van der Waals surface area contributed by atoms with E-state index in [9.17, 15) is 29.4 Å². The zero-order valence-corrected chi connectivity index (χ0v) is 20.4. The number of benzene rings is 1. The van der Waals surface area contributed by atoms with Crippen molar-refractivity contribution < 1.29 is 29.4 Å². The van der Waals surface area contributed by atoms with Gasteiger partial charge in [0.05, 0.1) is 6.61 Å². The van der Waals surface area contributed by atoms with E-state index in [1.165, 1.54) is 0 Å². The van der Waals surface area contributed by atoms with E-state index in [0.717, 1.165) is 5.56 Å². The van der Waals surface area contributed by atoms with Crippen LogP contribution in [0, 0.1) is 5.92 Å². The Kier molecular flexibility index (Phi) is 13.5. The first-order valence-corrected chi connectivity index (χ1v) is 11.9. The molecule has 0 saturated carbocycles. The molecule has 1 rings (SSSR count). The highest BCUT2D eigenvalue weighted by molar-refractivity contribution is 5.94. The molecule has 0 aliphatic carbocycles. The number of aliphatic hydroxyl groups excluding tert-OH is 1. The maximum atomic E-state index is 13.2. The van der Waals surface area contributed by atoms with Gasteiger partial charge in [0, 0.05) is 6.42 Å². The number of carboxylic acids is 1. The van der Waals surface area contributed by atoms with Crippen LogP contribution in [-0.4, -0.2) is 71.2 Å². The average molecular weight is 494 g/mol. The van der Waals surface area contributed by atoms with Crippen LogP contribution in [0.2, 0.25) is 0 Å². The minimum Gasteiger partial charge on any atom is -0.480 e. The first-order valence-electron chi connectivity index (χ1n) is 11.9. The summed E-state index contributed by atoms with van der Waals surface area (Å²) in [5, 5.41) is 26.4. The Bertz CT molecular complexity index is 822. The molecule has 3 amide bonds. The van der Waals surface area contributed by atoms with Crippen molar-refractivity contribution in [2.75, 3.05) is 13.2 Å². The van der Waals surface area contributed by atoms with Gasteiger partial charge in [-0.3, -0.25) is 14.4 Å².